The molecule has 0 radical (unpaired) electrons. The van der Waals surface area contributed by atoms with Crippen molar-refractivity contribution in [2.75, 3.05) is 33.4 Å². The molecule has 3 N–H and O–H groups in total. The number of ether oxygens (including phenoxy) is 2. The lowest BCUT2D eigenvalue weighted by Gasteiger charge is -2.19. The summed E-state index contributed by atoms with van der Waals surface area (Å²) in [5.74, 6) is 1.31. The average Bonchev–Trinajstić information content (AvgIpc) is 3.36. The Morgan fingerprint density at radius 2 is 1.88 bits per heavy atom. The highest BCUT2D eigenvalue weighted by atomic mass is 35.5. The summed E-state index contributed by atoms with van der Waals surface area (Å²) in [5, 5.41) is 2.88. The normalized spacial score (nSPS) is 14.0. The van der Waals surface area contributed by atoms with Crippen LogP contribution in [0.2, 0.25) is 0 Å². The topological polar surface area (TPSA) is 76.8 Å². The van der Waals surface area contributed by atoms with Crippen LogP contribution in [0.4, 0.5) is 0 Å². The molecule has 1 fully saturated rings. The summed E-state index contributed by atoms with van der Waals surface area (Å²) in [4.78, 5) is 14.2. The van der Waals surface area contributed by atoms with Crippen LogP contribution in [-0.2, 0) is 11.3 Å². The van der Waals surface area contributed by atoms with E-state index < -0.39 is 5.54 Å². The SMILES string of the molecule is CCN(CC)CCOc1ccc(CNC(=O)C2(N)CC2)cc1OC.Cl.Cl. The first kappa shape index (κ1) is 24.8. The van der Waals surface area contributed by atoms with Crippen LogP contribution < -0.4 is 20.5 Å². The van der Waals surface area contributed by atoms with Crippen molar-refractivity contribution in [1.29, 1.82) is 0 Å². The van der Waals surface area contributed by atoms with E-state index in [9.17, 15) is 4.79 Å². The van der Waals surface area contributed by atoms with Gasteiger partial charge in [-0.15, -0.1) is 24.8 Å². The van der Waals surface area contributed by atoms with Gasteiger partial charge >= 0.3 is 0 Å². The molecule has 0 atom stereocenters. The molecule has 0 aromatic heterocycles. The third kappa shape index (κ3) is 6.83. The minimum absolute atomic E-state index is 0. The summed E-state index contributed by atoms with van der Waals surface area (Å²) in [7, 11) is 1.62. The molecule has 1 saturated carbocycles. The predicted octanol–water partition coefficient (Wildman–Crippen LogP) is 2.37. The Hall–Kier alpha value is -1.21. The zero-order valence-corrected chi connectivity index (χ0v) is 17.4. The van der Waals surface area contributed by atoms with E-state index in [1.807, 2.05) is 18.2 Å². The Morgan fingerprint density at radius 3 is 2.42 bits per heavy atom. The van der Waals surface area contributed by atoms with Gasteiger partial charge in [-0.3, -0.25) is 4.79 Å². The second-order valence-electron chi connectivity index (χ2n) is 6.20. The Morgan fingerprint density at radius 1 is 1.23 bits per heavy atom. The molecule has 0 saturated heterocycles. The second kappa shape index (κ2) is 11.5. The molecular formula is C18H31Cl2N3O3. The van der Waals surface area contributed by atoms with Crippen LogP contribution in [0.5, 0.6) is 11.5 Å². The van der Waals surface area contributed by atoms with Crippen molar-refractivity contribution in [1.82, 2.24) is 10.2 Å². The van der Waals surface area contributed by atoms with Gasteiger partial charge in [0, 0.05) is 13.1 Å². The summed E-state index contributed by atoms with van der Waals surface area (Å²) in [6.07, 6.45) is 1.53. The smallest absolute Gasteiger partial charge is 0.240 e. The number of halogens is 2. The first-order chi connectivity index (χ1) is 11.5. The Bertz CT molecular complexity index is 565. The lowest BCUT2D eigenvalue weighted by atomic mass is 10.2. The number of nitrogens with two attached hydrogens (primary N) is 1. The molecule has 1 aromatic carbocycles. The zero-order chi connectivity index (χ0) is 17.6. The van der Waals surface area contributed by atoms with Crippen LogP contribution in [0.3, 0.4) is 0 Å². The fraction of sp³-hybridized carbons (Fsp3) is 0.611. The molecule has 0 aliphatic heterocycles. The quantitative estimate of drug-likeness (QED) is 0.622. The largest absolute Gasteiger partial charge is 0.493 e. The van der Waals surface area contributed by atoms with E-state index in [1.165, 1.54) is 0 Å². The van der Waals surface area contributed by atoms with Gasteiger partial charge in [0.25, 0.3) is 0 Å². The van der Waals surface area contributed by atoms with E-state index in [1.54, 1.807) is 7.11 Å². The summed E-state index contributed by atoms with van der Waals surface area (Å²) >= 11 is 0. The summed E-state index contributed by atoms with van der Waals surface area (Å²) in [6, 6.07) is 5.71. The minimum atomic E-state index is -0.641. The van der Waals surface area contributed by atoms with E-state index in [2.05, 4.69) is 24.1 Å². The molecule has 1 aliphatic rings. The number of carbonyl (C=O) groups is 1. The molecule has 0 bridgehead atoms. The molecule has 1 aromatic rings. The van der Waals surface area contributed by atoms with Gasteiger partial charge in [-0.2, -0.15) is 0 Å². The summed E-state index contributed by atoms with van der Waals surface area (Å²) < 4.78 is 11.2. The zero-order valence-electron chi connectivity index (χ0n) is 15.7. The Balaban J connectivity index is 0.00000312. The number of nitrogens with one attached hydrogen (secondary N) is 1. The number of methoxy groups -OCH3 is 1. The molecule has 8 heteroatoms. The van der Waals surface area contributed by atoms with Crippen molar-refractivity contribution in [3.8, 4) is 11.5 Å². The fourth-order valence-electron chi connectivity index (χ4n) is 2.49. The van der Waals surface area contributed by atoms with Crippen LogP contribution in [0.25, 0.3) is 0 Å². The fourth-order valence-corrected chi connectivity index (χ4v) is 2.49. The van der Waals surface area contributed by atoms with Gasteiger partial charge in [0.2, 0.25) is 5.91 Å². The second-order valence-corrected chi connectivity index (χ2v) is 6.20. The van der Waals surface area contributed by atoms with E-state index >= 15 is 0 Å². The number of nitrogens with zero attached hydrogens (tertiary/aromatic N) is 1. The standard InChI is InChI=1S/C18H29N3O3.2ClH/c1-4-21(5-2)10-11-24-15-7-6-14(12-16(15)23-3)13-20-17(22)18(19)8-9-18;;/h6-7,12H,4-5,8-11,13,19H2,1-3H3,(H,20,22);2*1H. The summed E-state index contributed by atoms with van der Waals surface area (Å²) in [5.41, 5.74) is 6.19. The molecule has 0 heterocycles. The molecule has 0 unspecified atom stereocenters. The molecule has 1 amide bonds. The van der Waals surface area contributed by atoms with Gasteiger partial charge in [0.05, 0.1) is 12.6 Å². The molecule has 1 aliphatic carbocycles. The van der Waals surface area contributed by atoms with E-state index in [-0.39, 0.29) is 30.7 Å². The van der Waals surface area contributed by atoms with Crippen molar-refractivity contribution in [3.63, 3.8) is 0 Å². The van der Waals surface area contributed by atoms with Gasteiger partial charge < -0.3 is 25.4 Å². The van der Waals surface area contributed by atoms with Crippen LogP contribution in [0.1, 0.15) is 32.3 Å². The van der Waals surface area contributed by atoms with Crippen LogP contribution in [-0.4, -0.2) is 49.7 Å². The van der Waals surface area contributed by atoms with E-state index in [4.69, 9.17) is 15.2 Å². The molecule has 26 heavy (non-hydrogen) atoms. The Kier molecular flexibility index (Phi) is 11.0. The molecular weight excluding hydrogens is 377 g/mol. The van der Waals surface area contributed by atoms with Crippen molar-refractivity contribution in [2.45, 2.75) is 38.8 Å². The number of amides is 1. The maximum absolute atomic E-state index is 11.9. The van der Waals surface area contributed by atoms with Crippen LogP contribution in [0, 0.1) is 0 Å². The number of hydrogen-bond donors (Lipinski definition) is 2. The number of likely N-dealkylation sites (N-methyl/N-ethyl adjacent to an activating group) is 1. The maximum Gasteiger partial charge on any atom is 0.240 e. The highest BCUT2D eigenvalue weighted by Gasteiger charge is 2.45. The van der Waals surface area contributed by atoms with Gasteiger partial charge in [-0.25, -0.2) is 0 Å². The van der Waals surface area contributed by atoms with Crippen LogP contribution in [0.15, 0.2) is 18.2 Å². The third-order valence-corrected chi connectivity index (χ3v) is 4.48. The van der Waals surface area contributed by atoms with E-state index in [0.717, 1.165) is 43.8 Å². The average molecular weight is 408 g/mol. The van der Waals surface area contributed by atoms with Crippen molar-refractivity contribution in [2.24, 2.45) is 5.73 Å². The molecule has 2 rings (SSSR count). The number of benzene rings is 1. The lowest BCUT2D eigenvalue weighted by Crippen LogP contribution is -2.42. The van der Waals surface area contributed by atoms with Crippen molar-refractivity contribution >= 4 is 30.7 Å². The number of hydrogen-bond acceptors (Lipinski definition) is 5. The number of rotatable bonds is 10. The maximum atomic E-state index is 11.9. The van der Waals surface area contributed by atoms with Gasteiger partial charge in [-0.1, -0.05) is 19.9 Å². The monoisotopic (exact) mass is 407 g/mol. The third-order valence-electron chi connectivity index (χ3n) is 4.48. The van der Waals surface area contributed by atoms with Gasteiger partial charge in [-0.05, 0) is 43.6 Å². The first-order valence-electron chi connectivity index (χ1n) is 8.61. The number of carbonyl (C=O) groups excluding carboxylic acids is 1. The minimum Gasteiger partial charge on any atom is -0.493 e. The van der Waals surface area contributed by atoms with Crippen LogP contribution >= 0.6 is 24.8 Å². The molecule has 0 spiro atoms. The first-order valence-corrected chi connectivity index (χ1v) is 8.61. The highest BCUT2D eigenvalue weighted by Crippen LogP contribution is 2.32. The molecule has 150 valence electrons. The Labute approximate surface area is 168 Å². The van der Waals surface area contributed by atoms with Gasteiger partial charge in [0.1, 0.15) is 6.61 Å². The van der Waals surface area contributed by atoms with Gasteiger partial charge in [0.15, 0.2) is 11.5 Å². The highest BCUT2D eigenvalue weighted by molar-refractivity contribution is 5.88. The summed E-state index contributed by atoms with van der Waals surface area (Å²) in [6.45, 7) is 8.24. The van der Waals surface area contributed by atoms with Crippen molar-refractivity contribution in [3.05, 3.63) is 23.8 Å². The van der Waals surface area contributed by atoms with Crippen molar-refractivity contribution < 1.29 is 14.3 Å². The molecule has 6 nitrogen and oxygen atoms in total. The predicted molar refractivity (Wildman–Crippen MR) is 109 cm³/mol. The van der Waals surface area contributed by atoms with E-state index in [0.29, 0.717) is 18.9 Å². The lowest BCUT2D eigenvalue weighted by molar-refractivity contribution is -0.123.